The Morgan fingerprint density at radius 3 is 2.53 bits per heavy atom. The number of aryl methyl sites for hydroxylation is 1. The number of hydrogen-bond donors (Lipinski definition) is 1. The van der Waals surface area contributed by atoms with Crippen molar-refractivity contribution in [1.82, 2.24) is 9.88 Å². The summed E-state index contributed by atoms with van der Waals surface area (Å²) in [5.74, 6) is 0. The number of H-pyrrole nitrogens is 1. The van der Waals surface area contributed by atoms with Crippen molar-refractivity contribution in [3.8, 4) is 0 Å². The van der Waals surface area contributed by atoms with Crippen LogP contribution in [0.3, 0.4) is 0 Å². The molecule has 2 atom stereocenters. The Labute approximate surface area is 217 Å². The van der Waals surface area contributed by atoms with Crippen molar-refractivity contribution in [2.24, 2.45) is 0 Å². The fraction of sp³-hybridized carbons (Fsp3) is 0.300. The first-order chi connectivity index (χ1) is 17.7. The number of nitrogens with zero attached hydrogens (tertiary/aromatic N) is 3. The van der Waals surface area contributed by atoms with E-state index in [1.54, 1.807) is 0 Å². The number of carbonyl (C=O) groups is 1. The van der Waals surface area contributed by atoms with Crippen LogP contribution in [-0.4, -0.2) is 54.9 Å². The van der Waals surface area contributed by atoms with E-state index in [0.717, 1.165) is 63.1 Å². The van der Waals surface area contributed by atoms with Gasteiger partial charge in [0.2, 0.25) is 0 Å². The van der Waals surface area contributed by atoms with Crippen molar-refractivity contribution in [3.63, 3.8) is 0 Å². The molecule has 1 fully saturated rings. The van der Waals surface area contributed by atoms with Gasteiger partial charge in [0, 0.05) is 77.8 Å². The van der Waals surface area contributed by atoms with Gasteiger partial charge in [0.15, 0.2) is 0 Å². The summed E-state index contributed by atoms with van der Waals surface area (Å²) in [5.41, 5.74) is 5.83. The van der Waals surface area contributed by atoms with Crippen LogP contribution in [0, 0.1) is 0 Å². The third-order valence-electron chi connectivity index (χ3n) is 7.82. The molecular weight excluding hydrogens is 468 g/mol. The minimum Gasteiger partial charge on any atom is -0.368 e. The summed E-state index contributed by atoms with van der Waals surface area (Å²) in [5, 5.41) is 1.93. The van der Waals surface area contributed by atoms with Gasteiger partial charge >= 0.3 is 0 Å². The number of anilines is 2. The fourth-order valence-corrected chi connectivity index (χ4v) is 6.25. The summed E-state index contributed by atoms with van der Waals surface area (Å²) in [7, 11) is 0. The number of aromatic amines is 1. The van der Waals surface area contributed by atoms with Crippen molar-refractivity contribution in [1.29, 1.82) is 0 Å². The molecule has 6 heteroatoms. The number of nitrogens with one attached hydrogen (secondary N) is 1. The van der Waals surface area contributed by atoms with Gasteiger partial charge in [-0.3, -0.25) is 4.90 Å². The molecule has 1 N–H and O–H groups in total. The lowest BCUT2D eigenvalue weighted by Gasteiger charge is -2.45. The van der Waals surface area contributed by atoms with Gasteiger partial charge in [-0.05, 0) is 48.7 Å². The highest BCUT2D eigenvalue weighted by Crippen LogP contribution is 2.39. The average molecular weight is 499 g/mol. The van der Waals surface area contributed by atoms with Crippen LogP contribution in [0.15, 0.2) is 79.0 Å². The van der Waals surface area contributed by atoms with E-state index < -0.39 is 6.04 Å². The molecule has 4 aromatic rings. The van der Waals surface area contributed by atoms with Crippen LogP contribution in [0.1, 0.15) is 23.6 Å². The van der Waals surface area contributed by atoms with Crippen molar-refractivity contribution in [3.05, 3.63) is 95.1 Å². The molecule has 0 bridgehead atoms. The zero-order valence-electron chi connectivity index (χ0n) is 20.3. The van der Waals surface area contributed by atoms with E-state index in [1.165, 1.54) is 22.2 Å². The van der Waals surface area contributed by atoms with Gasteiger partial charge in [0.05, 0.1) is 0 Å². The molecule has 2 unspecified atom stereocenters. The number of piperazine rings is 1. The van der Waals surface area contributed by atoms with E-state index in [-0.39, 0.29) is 6.04 Å². The number of aromatic nitrogens is 1. The van der Waals surface area contributed by atoms with Crippen molar-refractivity contribution in [2.45, 2.75) is 24.9 Å². The molecule has 0 radical (unpaired) electrons. The van der Waals surface area contributed by atoms with E-state index in [9.17, 15) is 4.79 Å². The Bertz CT molecular complexity index is 1360. The highest BCUT2D eigenvalue weighted by atomic mass is 35.5. The third-order valence-corrected chi connectivity index (χ3v) is 8.16. The summed E-state index contributed by atoms with van der Waals surface area (Å²) in [6.45, 7) is 4.94. The topological polar surface area (TPSA) is 42.6 Å². The van der Waals surface area contributed by atoms with E-state index in [0.29, 0.717) is 5.02 Å². The first kappa shape index (κ1) is 23.1. The second-order valence-electron chi connectivity index (χ2n) is 9.83. The molecule has 0 saturated carbocycles. The van der Waals surface area contributed by atoms with Crippen molar-refractivity contribution < 1.29 is 4.79 Å². The Kier molecular flexibility index (Phi) is 6.43. The molecular formula is C30H31ClN4O. The zero-order chi connectivity index (χ0) is 24.5. The lowest BCUT2D eigenvalue weighted by molar-refractivity contribution is -0.109. The maximum atomic E-state index is 12.6. The molecule has 6 rings (SSSR count). The molecule has 1 saturated heterocycles. The van der Waals surface area contributed by atoms with E-state index >= 15 is 0 Å². The van der Waals surface area contributed by atoms with Crippen LogP contribution in [0.25, 0.3) is 10.9 Å². The zero-order valence-corrected chi connectivity index (χ0v) is 21.1. The predicted octanol–water partition coefficient (Wildman–Crippen LogP) is 5.70. The normalized spacial score (nSPS) is 19.3. The molecule has 2 aliphatic heterocycles. The van der Waals surface area contributed by atoms with Crippen LogP contribution in [0.5, 0.6) is 0 Å². The number of halogens is 1. The molecule has 2 aliphatic rings. The predicted molar refractivity (Wildman–Crippen MR) is 148 cm³/mol. The van der Waals surface area contributed by atoms with Gasteiger partial charge in [-0.2, -0.15) is 0 Å². The molecule has 3 heterocycles. The molecule has 0 spiro atoms. The summed E-state index contributed by atoms with van der Waals surface area (Å²) in [4.78, 5) is 23.3. The highest BCUT2D eigenvalue weighted by molar-refractivity contribution is 6.31. The molecule has 0 aliphatic carbocycles. The van der Waals surface area contributed by atoms with Gasteiger partial charge < -0.3 is 19.6 Å². The molecule has 36 heavy (non-hydrogen) atoms. The monoisotopic (exact) mass is 498 g/mol. The van der Waals surface area contributed by atoms with Crippen LogP contribution < -0.4 is 9.80 Å². The summed E-state index contributed by atoms with van der Waals surface area (Å²) < 4.78 is 0. The number of rotatable bonds is 6. The summed E-state index contributed by atoms with van der Waals surface area (Å²) in [6.07, 6.45) is 5.13. The molecule has 0 amide bonds. The second-order valence-corrected chi connectivity index (χ2v) is 10.2. The number of hydrogen-bond acceptors (Lipinski definition) is 4. The Morgan fingerprint density at radius 1 is 0.917 bits per heavy atom. The van der Waals surface area contributed by atoms with Gasteiger partial charge in [0.1, 0.15) is 12.3 Å². The summed E-state index contributed by atoms with van der Waals surface area (Å²) >= 11 is 6.59. The van der Waals surface area contributed by atoms with Crippen LogP contribution in [0.4, 0.5) is 11.4 Å². The standard InChI is InChI=1S/C30H31ClN4O/c31-26-8-3-2-7-24(26)30(21-36)35-23(13-12-22-6-1-4-10-28(22)35)20-33-16-18-34(19-17-33)29-11-5-9-27-25(29)14-15-32-27/h1-11,14-15,21,23,30,32H,12-13,16-20H2. The van der Waals surface area contributed by atoms with Crippen LogP contribution >= 0.6 is 11.6 Å². The Morgan fingerprint density at radius 2 is 1.69 bits per heavy atom. The highest BCUT2D eigenvalue weighted by Gasteiger charge is 2.34. The molecule has 3 aromatic carbocycles. The maximum Gasteiger partial charge on any atom is 0.147 e. The minimum atomic E-state index is -0.405. The van der Waals surface area contributed by atoms with Crippen LogP contribution in [0.2, 0.25) is 5.02 Å². The van der Waals surface area contributed by atoms with E-state index in [2.05, 4.69) is 68.2 Å². The lowest BCUT2D eigenvalue weighted by atomic mass is 9.91. The molecule has 184 valence electrons. The smallest absolute Gasteiger partial charge is 0.147 e. The van der Waals surface area contributed by atoms with E-state index in [1.807, 2.05) is 30.5 Å². The fourth-order valence-electron chi connectivity index (χ4n) is 6.01. The van der Waals surface area contributed by atoms with Gasteiger partial charge in [-0.15, -0.1) is 0 Å². The Balaban J connectivity index is 1.23. The number of fused-ring (bicyclic) bond motifs is 2. The quantitative estimate of drug-likeness (QED) is 0.346. The SMILES string of the molecule is O=CC(c1ccccc1Cl)N1c2ccccc2CCC1CN1CCN(c2cccc3[nH]ccc23)CC1. The Hall–Kier alpha value is -3.28. The number of aldehydes is 1. The molecule has 5 nitrogen and oxygen atoms in total. The first-order valence-corrected chi connectivity index (χ1v) is 13.2. The van der Waals surface area contributed by atoms with Crippen LogP contribution in [-0.2, 0) is 11.2 Å². The average Bonchev–Trinajstić information content (AvgIpc) is 3.41. The third kappa shape index (κ3) is 4.27. The number of para-hydroxylation sites is 1. The van der Waals surface area contributed by atoms with Gasteiger partial charge in [0.25, 0.3) is 0 Å². The maximum absolute atomic E-state index is 12.6. The summed E-state index contributed by atoms with van der Waals surface area (Å²) in [6, 6.07) is 24.7. The lowest BCUT2D eigenvalue weighted by Crippen LogP contribution is -2.53. The largest absolute Gasteiger partial charge is 0.368 e. The first-order valence-electron chi connectivity index (χ1n) is 12.8. The van der Waals surface area contributed by atoms with Gasteiger partial charge in [-0.1, -0.05) is 54.1 Å². The van der Waals surface area contributed by atoms with Gasteiger partial charge in [-0.25, -0.2) is 0 Å². The van der Waals surface area contributed by atoms with E-state index in [4.69, 9.17) is 11.6 Å². The van der Waals surface area contributed by atoms with Crippen molar-refractivity contribution >= 4 is 40.2 Å². The number of carbonyl (C=O) groups excluding carboxylic acids is 1. The van der Waals surface area contributed by atoms with Crippen molar-refractivity contribution in [2.75, 3.05) is 42.5 Å². The number of benzene rings is 3. The minimum absolute atomic E-state index is 0.242. The second kappa shape index (κ2) is 10.00. The molecule has 1 aromatic heterocycles.